The maximum absolute atomic E-state index is 12.8. The molecule has 0 aliphatic carbocycles. The molecule has 1 aliphatic heterocycles. The number of thiophene rings is 1. The van der Waals surface area contributed by atoms with Gasteiger partial charge >= 0.3 is 5.97 Å². The lowest BCUT2D eigenvalue weighted by molar-refractivity contribution is 0.0602. The minimum absolute atomic E-state index is 0.0462. The summed E-state index contributed by atoms with van der Waals surface area (Å²) in [6, 6.07) is 3.35. The zero-order chi connectivity index (χ0) is 17.2. The van der Waals surface area contributed by atoms with Crippen molar-refractivity contribution in [1.82, 2.24) is 14.1 Å². The highest BCUT2D eigenvalue weighted by atomic mass is 32.2. The van der Waals surface area contributed by atoms with Crippen LogP contribution in [-0.4, -0.2) is 48.7 Å². The van der Waals surface area contributed by atoms with Gasteiger partial charge in [-0.25, -0.2) is 13.2 Å². The van der Waals surface area contributed by atoms with Crippen LogP contribution in [0, 0.1) is 5.92 Å². The quantitative estimate of drug-likeness (QED) is 0.751. The lowest BCUT2D eigenvalue weighted by Gasteiger charge is -2.31. The first-order valence-electron chi connectivity index (χ1n) is 7.65. The van der Waals surface area contributed by atoms with Crippen LogP contribution in [0.5, 0.6) is 0 Å². The summed E-state index contributed by atoms with van der Waals surface area (Å²) in [4.78, 5) is 11.9. The number of hydrogen-bond acceptors (Lipinski definition) is 6. The summed E-state index contributed by atoms with van der Waals surface area (Å²) >= 11 is 1.08. The van der Waals surface area contributed by atoms with Crippen LogP contribution in [-0.2, 0) is 21.3 Å². The number of ether oxygens (including phenoxy) is 1. The molecule has 0 spiro atoms. The van der Waals surface area contributed by atoms with Gasteiger partial charge < -0.3 is 4.74 Å². The van der Waals surface area contributed by atoms with Gasteiger partial charge in [0.05, 0.1) is 7.11 Å². The van der Waals surface area contributed by atoms with Crippen LogP contribution in [0.15, 0.2) is 34.8 Å². The van der Waals surface area contributed by atoms with Gasteiger partial charge in [-0.2, -0.15) is 9.40 Å². The Hall–Kier alpha value is -1.71. The second-order valence-corrected chi connectivity index (χ2v) is 8.50. The molecule has 1 fully saturated rings. The van der Waals surface area contributed by atoms with E-state index in [4.69, 9.17) is 0 Å². The molecule has 2 aromatic heterocycles. The monoisotopic (exact) mass is 369 g/mol. The largest absolute Gasteiger partial charge is 0.465 e. The number of esters is 1. The van der Waals surface area contributed by atoms with Crippen molar-refractivity contribution >= 4 is 27.3 Å². The molecule has 0 saturated carbocycles. The Morgan fingerprint density at radius 2 is 2.17 bits per heavy atom. The predicted octanol–water partition coefficient (Wildman–Crippen LogP) is 1.83. The van der Waals surface area contributed by atoms with Crippen molar-refractivity contribution in [3.63, 3.8) is 0 Å². The van der Waals surface area contributed by atoms with E-state index in [0.717, 1.165) is 30.7 Å². The van der Waals surface area contributed by atoms with Gasteiger partial charge in [0, 0.05) is 32.0 Å². The number of carbonyl (C=O) groups excluding carboxylic acids is 1. The molecule has 130 valence electrons. The van der Waals surface area contributed by atoms with Crippen molar-refractivity contribution < 1.29 is 17.9 Å². The van der Waals surface area contributed by atoms with Crippen molar-refractivity contribution in [1.29, 1.82) is 0 Å². The molecule has 24 heavy (non-hydrogen) atoms. The molecule has 2 aromatic rings. The first-order chi connectivity index (χ1) is 11.5. The van der Waals surface area contributed by atoms with E-state index in [9.17, 15) is 13.2 Å². The number of hydrogen-bond donors (Lipinski definition) is 0. The first-order valence-corrected chi connectivity index (χ1v) is 9.97. The lowest BCUT2D eigenvalue weighted by atomic mass is 9.98. The van der Waals surface area contributed by atoms with Crippen molar-refractivity contribution in [3.05, 3.63) is 34.8 Å². The predicted molar refractivity (Wildman–Crippen MR) is 89.4 cm³/mol. The molecule has 3 heterocycles. The van der Waals surface area contributed by atoms with Crippen LogP contribution in [0.25, 0.3) is 0 Å². The van der Waals surface area contributed by atoms with Crippen molar-refractivity contribution in [2.45, 2.75) is 24.3 Å². The summed E-state index contributed by atoms with van der Waals surface area (Å²) in [5, 5.41) is 5.79. The van der Waals surface area contributed by atoms with Crippen molar-refractivity contribution in [3.8, 4) is 0 Å². The third-order valence-corrected chi connectivity index (χ3v) is 7.16. The fourth-order valence-electron chi connectivity index (χ4n) is 2.89. The molecule has 0 aromatic carbocycles. The standard InChI is InChI=1S/C15H19N3O4S2/c1-22-15(19)14-13(5-10-23-14)24(20,21)18-8-3-12(4-9-18)11-17-7-2-6-16-17/h2,5-7,10,12H,3-4,8-9,11H2,1H3. The number of rotatable bonds is 5. The van der Waals surface area contributed by atoms with Gasteiger partial charge in [0.25, 0.3) is 0 Å². The summed E-state index contributed by atoms with van der Waals surface area (Å²) in [5.41, 5.74) is 0. The summed E-state index contributed by atoms with van der Waals surface area (Å²) in [7, 11) is -2.42. The molecule has 0 bridgehead atoms. The molecule has 0 atom stereocenters. The first kappa shape index (κ1) is 17.1. The number of nitrogens with zero attached hydrogens (tertiary/aromatic N) is 3. The minimum Gasteiger partial charge on any atom is -0.465 e. The second-order valence-electron chi connectivity index (χ2n) is 5.68. The Morgan fingerprint density at radius 1 is 1.42 bits per heavy atom. The van der Waals surface area contributed by atoms with E-state index < -0.39 is 16.0 Å². The number of carbonyl (C=O) groups is 1. The van der Waals surface area contributed by atoms with Gasteiger partial charge in [-0.05, 0) is 36.3 Å². The van der Waals surface area contributed by atoms with E-state index in [1.165, 1.54) is 17.5 Å². The summed E-state index contributed by atoms with van der Waals surface area (Å²) in [5.74, 6) is -0.212. The normalized spacial score (nSPS) is 17.0. The molecule has 0 N–H and O–H groups in total. The fraction of sp³-hybridized carbons (Fsp3) is 0.467. The van der Waals surface area contributed by atoms with Gasteiger partial charge in [0.15, 0.2) is 0 Å². The highest BCUT2D eigenvalue weighted by Crippen LogP contribution is 2.29. The molecule has 9 heteroatoms. The average Bonchev–Trinajstić information content (AvgIpc) is 3.26. The third kappa shape index (κ3) is 3.38. The van der Waals surface area contributed by atoms with Crippen LogP contribution < -0.4 is 0 Å². The van der Waals surface area contributed by atoms with E-state index >= 15 is 0 Å². The smallest absolute Gasteiger partial charge is 0.349 e. The summed E-state index contributed by atoms with van der Waals surface area (Å²) in [6.45, 7) is 1.70. The Bertz CT molecular complexity index is 791. The van der Waals surface area contributed by atoms with Crippen LogP contribution >= 0.6 is 11.3 Å². The van der Waals surface area contributed by atoms with Gasteiger partial charge in [-0.15, -0.1) is 11.3 Å². The van der Waals surface area contributed by atoms with Gasteiger partial charge in [-0.1, -0.05) is 0 Å². The van der Waals surface area contributed by atoms with Crippen LogP contribution in [0.2, 0.25) is 0 Å². The lowest BCUT2D eigenvalue weighted by Crippen LogP contribution is -2.39. The van der Waals surface area contributed by atoms with E-state index in [1.54, 1.807) is 11.6 Å². The molecule has 1 aliphatic rings. The number of sulfonamides is 1. The molecule has 7 nitrogen and oxygen atoms in total. The zero-order valence-corrected chi connectivity index (χ0v) is 14.9. The third-order valence-electron chi connectivity index (χ3n) is 4.20. The maximum Gasteiger partial charge on any atom is 0.349 e. The molecular weight excluding hydrogens is 350 g/mol. The van der Waals surface area contributed by atoms with Crippen molar-refractivity contribution in [2.24, 2.45) is 5.92 Å². The number of aromatic nitrogens is 2. The molecule has 3 rings (SSSR count). The molecule has 0 amide bonds. The van der Waals surface area contributed by atoms with Gasteiger partial charge in [-0.3, -0.25) is 4.68 Å². The number of piperidine rings is 1. The molecule has 0 unspecified atom stereocenters. The highest BCUT2D eigenvalue weighted by Gasteiger charge is 2.33. The second kappa shape index (κ2) is 7.04. The highest BCUT2D eigenvalue weighted by molar-refractivity contribution is 7.89. The molecule has 1 saturated heterocycles. The Balaban J connectivity index is 1.69. The van der Waals surface area contributed by atoms with E-state index in [2.05, 4.69) is 9.84 Å². The Kier molecular flexibility index (Phi) is 5.02. The Morgan fingerprint density at radius 3 is 2.79 bits per heavy atom. The summed E-state index contributed by atoms with van der Waals surface area (Å²) < 4.78 is 33.7. The summed E-state index contributed by atoms with van der Waals surface area (Å²) in [6.07, 6.45) is 5.20. The fourth-order valence-corrected chi connectivity index (χ4v) is 5.66. The van der Waals surface area contributed by atoms with E-state index in [1.807, 2.05) is 16.9 Å². The molecule has 0 radical (unpaired) electrons. The maximum atomic E-state index is 12.8. The topological polar surface area (TPSA) is 81.5 Å². The SMILES string of the molecule is COC(=O)c1sccc1S(=O)(=O)N1CCC(Cn2cccn2)CC1. The van der Waals surface area contributed by atoms with Gasteiger partial charge in [0.1, 0.15) is 9.77 Å². The van der Waals surface area contributed by atoms with Gasteiger partial charge in [0.2, 0.25) is 10.0 Å². The minimum atomic E-state index is -3.67. The van der Waals surface area contributed by atoms with E-state index in [-0.39, 0.29) is 9.77 Å². The number of methoxy groups -OCH3 is 1. The average molecular weight is 369 g/mol. The Labute approximate surface area is 144 Å². The van der Waals surface area contributed by atoms with Crippen LogP contribution in [0.4, 0.5) is 0 Å². The van der Waals surface area contributed by atoms with E-state index in [0.29, 0.717) is 19.0 Å². The molecular formula is C15H19N3O4S2. The zero-order valence-electron chi connectivity index (χ0n) is 13.3. The van der Waals surface area contributed by atoms with Crippen LogP contribution in [0.3, 0.4) is 0 Å². The van der Waals surface area contributed by atoms with Crippen LogP contribution in [0.1, 0.15) is 22.5 Å². The van der Waals surface area contributed by atoms with Crippen molar-refractivity contribution in [2.75, 3.05) is 20.2 Å².